The largest absolute Gasteiger partial charge is 0.497 e. The van der Waals surface area contributed by atoms with E-state index in [1.54, 1.807) is 7.11 Å². The molecule has 0 bridgehead atoms. The Bertz CT molecular complexity index is 512. The Balaban J connectivity index is 0.00000264. The van der Waals surface area contributed by atoms with Crippen molar-refractivity contribution in [3.05, 3.63) is 36.4 Å². The van der Waals surface area contributed by atoms with E-state index in [0.29, 0.717) is 19.2 Å². The van der Waals surface area contributed by atoms with Crippen LogP contribution in [0.1, 0.15) is 19.8 Å². The third kappa shape index (κ3) is 7.11. The minimum Gasteiger partial charge on any atom is -0.497 e. The van der Waals surface area contributed by atoms with Gasteiger partial charge in [0.2, 0.25) is 0 Å². The molecule has 0 saturated carbocycles. The van der Waals surface area contributed by atoms with Crippen LogP contribution in [0.3, 0.4) is 0 Å². The van der Waals surface area contributed by atoms with E-state index in [1.807, 2.05) is 24.3 Å². The first kappa shape index (κ1) is 19.6. The number of hydrogen-bond acceptors (Lipinski definition) is 3. The summed E-state index contributed by atoms with van der Waals surface area (Å²) >= 11 is 0. The molecule has 128 valence electrons. The molecular formula is C17H26IN3O2. The third-order valence-corrected chi connectivity index (χ3v) is 3.36. The fourth-order valence-electron chi connectivity index (χ4n) is 2.26. The molecule has 0 aromatic heterocycles. The van der Waals surface area contributed by atoms with Gasteiger partial charge in [0.15, 0.2) is 5.96 Å². The van der Waals surface area contributed by atoms with E-state index >= 15 is 0 Å². The average Bonchev–Trinajstić information content (AvgIpc) is 3.05. The summed E-state index contributed by atoms with van der Waals surface area (Å²) < 4.78 is 10.9. The van der Waals surface area contributed by atoms with Gasteiger partial charge in [-0.1, -0.05) is 18.2 Å². The Hall–Kier alpha value is -1.44. The molecule has 6 heteroatoms. The van der Waals surface area contributed by atoms with Gasteiger partial charge in [-0.3, -0.25) is 0 Å². The Kier molecular flexibility index (Phi) is 9.51. The van der Waals surface area contributed by atoms with Gasteiger partial charge in [0.1, 0.15) is 18.1 Å². The lowest BCUT2D eigenvalue weighted by atomic mass is 10.2. The van der Waals surface area contributed by atoms with Gasteiger partial charge in [0.05, 0.1) is 13.7 Å². The standard InChI is InChI=1S/C17H25N3O2.HI/c1-3-18-17(20-14-7-4-5-8-14)19-11-12-22-16-10-6-9-15(13-16)21-2;/h4-6,9-10,13-14H,3,7-8,11-12H2,1-2H3,(H2,18,19,20);1H. The molecule has 2 rings (SSSR count). The van der Waals surface area contributed by atoms with E-state index in [0.717, 1.165) is 36.8 Å². The first-order chi connectivity index (χ1) is 10.8. The summed E-state index contributed by atoms with van der Waals surface area (Å²) in [6.45, 7) is 4.05. The molecule has 23 heavy (non-hydrogen) atoms. The zero-order chi connectivity index (χ0) is 15.6. The van der Waals surface area contributed by atoms with E-state index in [9.17, 15) is 0 Å². The SMILES string of the molecule is CCNC(=NCCOc1cccc(OC)c1)NC1CC=CC1.I. The first-order valence-electron chi connectivity index (χ1n) is 7.78. The van der Waals surface area contributed by atoms with Gasteiger partial charge >= 0.3 is 0 Å². The minimum atomic E-state index is 0. The van der Waals surface area contributed by atoms with Crippen LogP contribution in [0.15, 0.2) is 41.4 Å². The lowest BCUT2D eigenvalue weighted by Crippen LogP contribution is -2.42. The maximum Gasteiger partial charge on any atom is 0.191 e. The maximum atomic E-state index is 5.69. The summed E-state index contributed by atoms with van der Waals surface area (Å²) in [6.07, 6.45) is 6.52. The molecule has 0 fully saturated rings. The topological polar surface area (TPSA) is 54.9 Å². The van der Waals surface area contributed by atoms with Crippen LogP contribution >= 0.6 is 24.0 Å². The van der Waals surface area contributed by atoms with Crippen molar-refractivity contribution in [2.45, 2.75) is 25.8 Å². The van der Waals surface area contributed by atoms with Crippen molar-refractivity contribution in [2.24, 2.45) is 4.99 Å². The number of hydrogen-bond donors (Lipinski definition) is 2. The number of aliphatic imine (C=N–C) groups is 1. The summed E-state index contributed by atoms with van der Waals surface area (Å²) in [4.78, 5) is 4.54. The molecule has 0 spiro atoms. The van der Waals surface area contributed by atoms with Crippen LogP contribution in [0.4, 0.5) is 0 Å². The van der Waals surface area contributed by atoms with E-state index in [-0.39, 0.29) is 24.0 Å². The van der Waals surface area contributed by atoms with Gasteiger partial charge in [-0.25, -0.2) is 4.99 Å². The van der Waals surface area contributed by atoms with Crippen molar-refractivity contribution < 1.29 is 9.47 Å². The summed E-state index contributed by atoms with van der Waals surface area (Å²) in [5.74, 6) is 2.45. The Morgan fingerprint density at radius 2 is 2.00 bits per heavy atom. The highest BCUT2D eigenvalue weighted by atomic mass is 127. The van der Waals surface area contributed by atoms with E-state index in [1.165, 1.54) is 0 Å². The molecule has 0 heterocycles. The van der Waals surface area contributed by atoms with Crippen molar-refractivity contribution in [2.75, 3.05) is 26.8 Å². The second-order valence-electron chi connectivity index (χ2n) is 5.07. The molecule has 2 N–H and O–H groups in total. The monoisotopic (exact) mass is 431 g/mol. The van der Waals surface area contributed by atoms with Gasteiger partial charge in [0.25, 0.3) is 0 Å². The van der Waals surface area contributed by atoms with Crippen LogP contribution in [0.2, 0.25) is 0 Å². The zero-order valence-electron chi connectivity index (χ0n) is 13.7. The smallest absolute Gasteiger partial charge is 0.191 e. The van der Waals surface area contributed by atoms with Gasteiger partial charge in [-0.15, -0.1) is 24.0 Å². The lowest BCUT2D eigenvalue weighted by molar-refractivity contribution is 0.325. The Morgan fingerprint density at radius 3 is 2.70 bits per heavy atom. The van der Waals surface area contributed by atoms with Gasteiger partial charge in [-0.05, 0) is 31.9 Å². The number of nitrogens with one attached hydrogen (secondary N) is 2. The molecule has 1 aliphatic rings. The molecule has 0 amide bonds. The van der Waals surface area contributed by atoms with Crippen LogP contribution < -0.4 is 20.1 Å². The molecule has 0 aliphatic heterocycles. The maximum absolute atomic E-state index is 5.69. The molecule has 0 atom stereocenters. The van der Waals surface area contributed by atoms with E-state index < -0.39 is 0 Å². The number of guanidine groups is 1. The number of methoxy groups -OCH3 is 1. The molecule has 0 radical (unpaired) electrons. The van der Waals surface area contributed by atoms with E-state index in [2.05, 4.69) is 34.7 Å². The fraction of sp³-hybridized carbons (Fsp3) is 0.471. The number of ether oxygens (including phenoxy) is 2. The predicted molar refractivity (Wildman–Crippen MR) is 105 cm³/mol. The number of rotatable bonds is 7. The quantitative estimate of drug-likeness (QED) is 0.229. The molecule has 1 aromatic carbocycles. The highest BCUT2D eigenvalue weighted by Gasteiger charge is 2.11. The number of benzene rings is 1. The van der Waals surface area contributed by atoms with Crippen molar-refractivity contribution in [3.8, 4) is 11.5 Å². The molecular weight excluding hydrogens is 405 g/mol. The van der Waals surface area contributed by atoms with Crippen LogP contribution in [-0.2, 0) is 0 Å². The van der Waals surface area contributed by atoms with Gasteiger partial charge < -0.3 is 20.1 Å². The van der Waals surface area contributed by atoms with Gasteiger partial charge in [0, 0.05) is 18.7 Å². The summed E-state index contributed by atoms with van der Waals surface area (Å²) in [7, 11) is 1.65. The third-order valence-electron chi connectivity index (χ3n) is 3.36. The molecule has 0 saturated heterocycles. The summed E-state index contributed by atoms with van der Waals surface area (Å²) in [5.41, 5.74) is 0. The Morgan fingerprint density at radius 1 is 1.26 bits per heavy atom. The number of halogens is 1. The van der Waals surface area contributed by atoms with Crippen LogP contribution in [0.25, 0.3) is 0 Å². The predicted octanol–water partition coefficient (Wildman–Crippen LogP) is 2.97. The van der Waals surface area contributed by atoms with Crippen LogP contribution in [0.5, 0.6) is 11.5 Å². The highest BCUT2D eigenvalue weighted by molar-refractivity contribution is 14.0. The average molecular weight is 431 g/mol. The van der Waals surface area contributed by atoms with Crippen molar-refractivity contribution in [3.63, 3.8) is 0 Å². The van der Waals surface area contributed by atoms with Crippen LogP contribution in [-0.4, -0.2) is 38.8 Å². The minimum absolute atomic E-state index is 0. The second-order valence-corrected chi connectivity index (χ2v) is 5.07. The van der Waals surface area contributed by atoms with Crippen molar-refractivity contribution >= 4 is 29.9 Å². The Labute approximate surface area is 155 Å². The zero-order valence-corrected chi connectivity index (χ0v) is 16.1. The fourth-order valence-corrected chi connectivity index (χ4v) is 2.26. The van der Waals surface area contributed by atoms with E-state index in [4.69, 9.17) is 9.47 Å². The first-order valence-corrected chi connectivity index (χ1v) is 7.78. The van der Waals surface area contributed by atoms with Crippen LogP contribution in [0, 0.1) is 0 Å². The lowest BCUT2D eigenvalue weighted by Gasteiger charge is -2.16. The molecule has 0 unspecified atom stereocenters. The summed E-state index contributed by atoms with van der Waals surface area (Å²) in [6, 6.07) is 8.05. The highest BCUT2D eigenvalue weighted by Crippen LogP contribution is 2.18. The molecule has 1 aliphatic carbocycles. The molecule has 1 aromatic rings. The van der Waals surface area contributed by atoms with Gasteiger partial charge in [-0.2, -0.15) is 0 Å². The van der Waals surface area contributed by atoms with Crippen molar-refractivity contribution in [1.82, 2.24) is 10.6 Å². The normalized spacial score (nSPS) is 14.3. The second kappa shape index (κ2) is 11.2. The summed E-state index contributed by atoms with van der Waals surface area (Å²) in [5, 5.41) is 6.70. The molecule has 5 nitrogen and oxygen atoms in total. The van der Waals surface area contributed by atoms with Crippen molar-refractivity contribution in [1.29, 1.82) is 0 Å². The number of nitrogens with zero attached hydrogens (tertiary/aromatic N) is 1.